The van der Waals surface area contributed by atoms with Crippen LogP contribution in [0.2, 0.25) is 0 Å². The molecule has 15 heavy (non-hydrogen) atoms. The Morgan fingerprint density at radius 2 is 2.00 bits per heavy atom. The zero-order valence-electron chi connectivity index (χ0n) is 8.97. The molecule has 0 bridgehead atoms. The Morgan fingerprint density at radius 3 is 2.47 bits per heavy atom. The zero-order chi connectivity index (χ0) is 10.7. The summed E-state index contributed by atoms with van der Waals surface area (Å²) in [6, 6.07) is 4.77. The highest BCUT2D eigenvalue weighted by atomic mass is 35.5. The average molecular weight is 232 g/mol. The van der Waals surface area contributed by atoms with Crippen molar-refractivity contribution in [1.29, 1.82) is 0 Å². The number of nitrogens with two attached hydrogens (primary N) is 1. The number of rotatable bonds is 3. The van der Waals surface area contributed by atoms with Gasteiger partial charge in [-0.05, 0) is 25.0 Å². The van der Waals surface area contributed by atoms with Crippen molar-refractivity contribution in [2.75, 3.05) is 0 Å². The Kier molecular flexibility index (Phi) is 5.65. The lowest BCUT2D eigenvalue weighted by atomic mass is 9.98. The molecule has 0 aliphatic rings. The molecule has 0 aliphatic carbocycles. The smallest absolute Gasteiger partial charge is 0.120 e. The van der Waals surface area contributed by atoms with Crippen LogP contribution in [-0.4, -0.2) is 16.3 Å². The topological polar surface area (TPSA) is 66.5 Å². The molecule has 1 rings (SSSR count). The summed E-state index contributed by atoms with van der Waals surface area (Å²) >= 11 is 0. The molecule has 1 aromatic carbocycles. The molecular formula is C11H18ClNO2. The third-order valence-corrected chi connectivity index (χ3v) is 2.38. The highest BCUT2D eigenvalue weighted by molar-refractivity contribution is 5.85. The van der Waals surface area contributed by atoms with Gasteiger partial charge in [-0.15, -0.1) is 12.4 Å². The SMILES string of the molecule is CC[C@@H](O)[C@@H](N)c1ccc(C)cc1O.Cl. The van der Waals surface area contributed by atoms with E-state index in [2.05, 4.69) is 0 Å². The fourth-order valence-corrected chi connectivity index (χ4v) is 1.40. The Balaban J connectivity index is 0.00000196. The molecule has 3 nitrogen and oxygen atoms in total. The van der Waals surface area contributed by atoms with Crippen LogP contribution in [-0.2, 0) is 0 Å². The first-order chi connectivity index (χ1) is 6.56. The zero-order valence-corrected chi connectivity index (χ0v) is 9.79. The molecule has 0 spiro atoms. The van der Waals surface area contributed by atoms with Crippen LogP contribution in [0.1, 0.15) is 30.5 Å². The summed E-state index contributed by atoms with van der Waals surface area (Å²) in [4.78, 5) is 0. The number of phenols is 1. The number of aliphatic hydroxyl groups excluding tert-OH is 1. The van der Waals surface area contributed by atoms with E-state index in [1.54, 1.807) is 12.1 Å². The first-order valence-electron chi connectivity index (χ1n) is 4.79. The summed E-state index contributed by atoms with van der Waals surface area (Å²) in [7, 11) is 0. The molecule has 4 heteroatoms. The van der Waals surface area contributed by atoms with Gasteiger partial charge in [0.15, 0.2) is 0 Å². The Morgan fingerprint density at radius 1 is 1.40 bits per heavy atom. The summed E-state index contributed by atoms with van der Waals surface area (Å²) in [5.74, 6) is 0.157. The molecule has 4 N–H and O–H groups in total. The van der Waals surface area contributed by atoms with Crippen LogP contribution in [0.3, 0.4) is 0 Å². The molecule has 0 saturated heterocycles. The Hall–Kier alpha value is -0.770. The monoisotopic (exact) mass is 231 g/mol. The van der Waals surface area contributed by atoms with Crippen LogP contribution < -0.4 is 5.73 Å². The lowest BCUT2D eigenvalue weighted by molar-refractivity contribution is 0.139. The van der Waals surface area contributed by atoms with E-state index in [4.69, 9.17) is 5.73 Å². The summed E-state index contributed by atoms with van der Waals surface area (Å²) in [5, 5.41) is 19.2. The van der Waals surface area contributed by atoms with E-state index in [1.807, 2.05) is 19.9 Å². The van der Waals surface area contributed by atoms with Gasteiger partial charge in [-0.2, -0.15) is 0 Å². The molecular weight excluding hydrogens is 214 g/mol. The second kappa shape index (κ2) is 5.95. The second-order valence-corrected chi connectivity index (χ2v) is 3.56. The molecule has 0 radical (unpaired) electrons. The van der Waals surface area contributed by atoms with Gasteiger partial charge < -0.3 is 15.9 Å². The third kappa shape index (κ3) is 3.38. The van der Waals surface area contributed by atoms with Crippen LogP contribution >= 0.6 is 12.4 Å². The van der Waals surface area contributed by atoms with Gasteiger partial charge in [0.25, 0.3) is 0 Å². The normalized spacial score (nSPS) is 14.1. The summed E-state index contributed by atoms with van der Waals surface area (Å²) < 4.78 is 0. The Bertz CT molecular complexity index is 317. The van der Waals surface area contributed by atoms with Crippen LogP contribution in [0.15, 0.2) is 18.2 Å². The number of phenolic OH excluding ortho intramolecular Hbond substituents is 1. The number of aromatic hydroxyl groups is 1. The van der Waals surface area contributed by atoms with Gasteiger partial charge in [-0.1, -0.05) is 19.1 Å². The lowest BCUT2D eigenvalue weighted by Crippen LogP contribution is -2.25. The quantitative estimate of drug-likeness (QED) is 0.744. The molecule has 0 amide bonds. The minimum Gasteiger partial charge on any atom is -0.508 e. The highest BCUT2D eigenvalue weighted by Crippen LogP contribution is 2.26. The third-order valence-electron chi connectivity index (χ3n) is 2.38. The summed E-state index contributed by atoms with van der Waals surface area (Å²) in [6.07, 6.45) is -0.0299. The first-order valence-corrected chi connectivity index (χ1v) is 4.79. The van der Waals surface area contributed by atoms with Crippen LogP contribution in [0.25, 0.3) is 0 Å². The predicted octanol–water partition coefficient (Wildman–Crippen LogP) is 1.89. The molecule has 0 aromatic heterocycles. The van der Waals surface area contributed by atoms with Crippen molar-refractivity contribution in [3.8, 4) is 5.75 Å². The van der Waals surface area contributed by atoms with Gasteiger partial charge in [-0.25, -0.2) is 0 Å². The van der Waals surface area contributed by atoms with E-state index >= 15 is 0 Å². The number of hydrogen-bond donors (Lipinski definition) is 3. The number of benzene rings is 1. The van der Waals surface area contributed by atoms with Crippen molar-refractivity contribution < 1.29 is 10.2 Å². The van der Waals surface area contributed by atoms with E-state index in [9.17, 15) is 10.2 Å². The van der Waals surface area contributed by atoms with E-state index in [1.165, 1.54) is 0 Å². The fourth-order valence-electron chi connectivity index (χ4n) is 1.40. The first kappa shape index (κ1) is 14.2. The molecule has 2 atom stereocenters. The minimum absolute atomic E-state index is 0. The van der Waals surface area contributed by atoms with Gasteiger partial charge >= 0.3 is 0 Å². The Labute approximate surface area is 96.3 Å². The van der Waals surface area contributed by atoms with Gasteiger partial charge in [0.1, 0.15) is 5.75 Å². The number of halogens is 1. The highest BCUT2D eigenvalue weighted by Gasteiger charge is 2.17. The maximum atomic E-state index is 9.62. The van der Waals surface area contributed by atoms with Gasteiger partial charge in [0, 0.05) is 5.56 Å². The van der Waals surface area contributed by atoms with Crippen molar-refractivity contribution in [3.05, 3.63) is 29.3 Å². The molecule has 86 valence electrons. The molecule has 1 aromatic rings. The second-order valence-electron chi connectivity index (χ2n) is 3.56. The molecule has 0 heterocycles. The largest absolute Gasteiger partial charge is 0.508 e. The van der Waals surface area contributed by atoms with E-state index in [0.29, 0.717) is 12.0 Å². The van der Waals surface area contributed by atoms with E-state index in [-0.39, 0.29) is 18.2 Å². The van der Waals surface area contributed by atoms with Crippen LogP contribution in [0.5, 0.6) is 5.75 Å². The minimum atomic E-state index is -0.608. The van der Waals surface area contributed by atoms with Gasteiger partial charge in [0.05, 0.1) is 12.1 Å². The fraction of sp³-hybridized carbons (Fsp3) is 0.455. The van der Waals surface area contributed by atoms with E-state index in [0.717, 1.165) is 5.56 Å². The molecule has 0 unspecified atom stereocenters. The maximum absolute atomic E-state index is 9.62. The van der Waals surface area contributed by atoms with Crippen molar-refractivity contribution in [3.63, 3.8) is 0 Å². The van der Waals surface area contributed by atoms with Crippen LogP contribution in [0, 0.1) is 6.92 Å². The number of hydrogen-bond acceptors (Lipinski definition) is 3. The van der Waals surface area contributed by atoms with Gasteiger partial charge in [-0.3, -0.25) is 0 Å². The summed E-state index contributed by atoms with van der Waals surface area (Å²) in [6.45, 7) is 3.75. The lowest BCUT2D eigenvalue weighted by Gasteiger charge is -2.18. The number of aliphatic hydroxyl groups is 1. The maximum Gasteiger partial charge on any atom is 0.120 e. The standard InChI is InChI=1S/C11H17NO2.ClH/c1-3-9(13)11(12)8-5-4-7(2)6-10(8)14;/h4-6,9,11,13-14H,3,12H2,1-2H3;1H/t9-,11+;/m1./s1. The van der Waals surface area contributed by atoms with Crippen molar-refractivity contribution >= 4 is 12.4 Å². The predicted molar refractivity (Wildman–Crippen MR) is 63.3 cm³/mol. The van der Waals surface area contributed by atoms with Crippen molar-refractivity contribution in [2.24, 2.45) is 5.73 Å². The van der Waals surface area contributed by atoms with E-state index < -0.39 is 12.1 Å². The molecule has 0 aliphatic heterocycles. The van der Waals surface area contributed by atoms with Crippen LogP contribution in [0.4, 0.5) is 0 Å². The summed E-state index contributed by atoms with van der Waals surface area (Å²) in [5.41, 5.74) is 7.37. The molecule has 0 saturated carbocycles. The number of aryl methyl sites for hydroxylation is 1. The van der Waals surface area contributed by atoms with Gasteiger partial charge in [0.2, 0.25) is 0 Å². The van der Waals surface area contributed by atoms with Crippen molar-refractivity contribution in [2.45, 2.75) is 32.4 Å². The molecule has 0 fully saturated rings. The average Bonchev–Trinajstić information content (AvgIpc) is 2.15. The van der Waals surface area contributed by atoms with Crippen molar-refractivity contribution in [1.82, 2.24) is 0 Å².